The van der Waals surface area contributed by atoms with Crippen molar-refractivity contribution in [1.29, 1.82) is 0 Å². The molecule has 0 radical (unpaired) electrons. The molecule has 3 heterocycles. The SMILES string of the molecule is CCOC(=O)c1c(C)[nH]c(C(=O)Nc2cccc(-c3nnc4n3CCCCC4)c2)c1C. The fourth-order valence-electron chi connectivity index (χ4n) is 4.11. The number of hydrogen-bond acceptors (Lipinski definition) is 5. The van der Waals surface area contributed by atoms with E-state index >= 15 is 0 Å². The van der Waals surface area contributed by atoms with E-state index in [1.165, 1.54) is 6.42 Å². The average molecular weight is 422 g/mol. The molecule has 8 heteroatoms. The predicted octanol–water partition coefficient (Wildman–Crippen LogP) is 4.05. The Morgan fingerprint density at radius 2 is 2.03 bits per heavy atom. The molecule has 3 aromatic rings. The van der Waals surface area contributed by atoms with E-state index in [9.17, 15) is 9.59 Å². The molecule has 2 aromatic heterocycles. The maximum Gasteiger partial charge on any atom is 0.340 e. The van der Waals surface area contributed by atoms with E-state index in [0.29, 0.717) is 28.2 Å². The molecule has 0 saturated heterocycles. The molecule has 1 aliphatic heterocycles. The highest BCUT2D eigenvalue weighted by molar-refractivity contribution is 6.07. The van der Waals surface area contributed by atoms with Crippen LogP contribution in [0.25, 0.3) is 11.4 Å². The van der Waals surface area contributed by atoms with Gasteiger partial charge in [-0.05, 0) is 51.3 Å². The van der Waals surface area contributed by atoms with Crippen molar-refractivity contribution in [3.63, 3.8) is 0 Å². The molecular weight excluding hydrogens is 394 g/mol. The number of carbonyl (C=O) groups is 2. The molecule has 0 bridgehead atoms. The highest BCUT2D eigenvalue weighted by Gasteiger charge is 2.23. The molecule has 0 fully saturated rings. The van der Waals surface area contributed by atoms with Crippen LogP contribution >= 0.6 is 0 Å². The standard InChI is InChI=1S/C23H27N5O3/c1-4-31-23(30)19-14(2)20(24-15(19)3)22(29)25-17-10-8-9-16(13-17)21-27-26-18-11-6-5-7-12-28(18)21/h8-10,13,24H,4-7,11-12H2,1-3H3,(H,25,29). The summed E-state index contributed by atoms with van der Waals surface area (Å²) in [6.45, 7) is 6.44. The Kier molecular flexibility index (Phi) is 5.88. The lowest BCUT2D eigenvalue weighted by atomic mass is 10.1. The van der Waals surface area contributed by atoms with Gasteiger partial charge in [0.05, 0.1) is 12.2 Å². The van der Waals surface area contributed by atoms with Gasteiger partial charge in [0.2, 0.25) is 0 Å². The first-order valence-corrected chi connectivity index (χ1v) is 10.7. The summed E-state index contributed by atoms with van der Waals surface area (Å²) < 4.78 is 7.29. The number of anilines is 1. The number of amides is 1. The molecule has 0 atom stereocenters. The van der Waals surface area contributed by atoms with Crippen molar-refractivity contribution in [2.24, 2.45) is 0 Å². The number of aryl methyl sites for hydroxylation is 2. The van der Waals surface area contributed by atoms with Gasteiger partial charge in [-0.2, -0.15) is 0 Å². The summed E-state index contributed by atoms with van der Waals surface area (Å²) in [6, 6.07) is 7.59. The molecule has 0 saturated carbocycles. The van der Waals surface area contributed by atoms with Gasteiger partial charge in [0.1, 0.15) is 11.5 Å². The highest BCUT2D eigenvalue weighted by Crippen LogP contribution is 2.26. The van der Waals surface area contributed by atoms with Crippen molar-refractivity contribution >= 4 is 17.6 Å². The van der Waals surface area contributed by atoms with Crippen LogP contribution in [-0.4, -0.2) is 38.2 Å². The summed E-state index contributed by atoms with van der Waals surface area (Å²) in [5.41, 5.74) is 3.51. The predicted molar refractivity (Wildman–Crippen MR) is 117 cm³/mol. The minimum atomic E-state index is -0.428. The quantitative estimate of drug-likeness (QED) is 0.605. The van der Waals surface area contributed by atoms with Crippen LogP contribution in [0.5, 0.6) is 0 Å². The van der Waals surface area contributed by atoms with Crippen LogP contribution < -0.4 is 5.32 Å². The number of ether oxygens (including phenoxy) is 1. The molecule has 0 aliphatic carbocycles. The lowest BCUT2D eigenvalue weighted by Crippen LogP contribution is -2.14. The van der Waals surface area contributed by atoms with Gasteiger partial charge < -0.3 is 19.6 Å². The minimum absolute atomic E-state index is 0.281. The summed E-state index contributed by atoms with van der Waals surface area (Å²) in [7, 11) is 0. The number of hydrogen-bond donors (Lipinski definition) is 2. The van der Waals surface area contributed by atoms with E-state index in [1.54, 1.807) is 20.8 Å². The molecular formula is C23H27N5O3. The molecule has 4 rings (SSSR count). The van der Waals surface area contributed by atoms with Crippen LogP contribution in [0.1, 0.15) is 64.1 Å². The third kappa shape index (κ3) is 4.10. The van der Waals surface area contributed by atoms with Crippen molar-refractivity contribution in [1.82, 2.24) is 19.7 Å². The first kappa shape index (κ1) is 20.8. The largest absolute Gasteiger partial charge is 0.462 e. The molecule has 8 nitrogen and oxygen atoms in total. The maximum absolute atomic E-state index is 12.9. The zero-order valence-corrected chi connectivity index (χ0v) is 18.1. The number of aromatic nitrogens is 4. The Morgan fingerprint density at radius 3 is 2.84 bits per heavy atom. The van der Waals surface area contributed by atoms with Crippen molar-refractivity contribution in [3.05, 3.63) is 52.6 Å². The van der Waals surface area contributed by atoms with Crippen LogP contribution in [0.15, 0.2) is 24.3 Å². The van der Waals surface area contributed by atoms with Gasteiger partial charge in [0.25, 0.3) is 5.91 Å². The van der Waals surface area contributed by atoms with E-state index in [4.69, 9.17) is 4.74 Å². The van der Waals surface area contributed by atoms with Crippen LogP contribution in [0.2, 0.25) is 0 Å². The van der Waals surface area contributed by atoms with E-state index in [0.717, 1.165) is 43.0 Å². The zero-order chi connectivity index (χ0) is 22.0. The number of nitrogens with one attached hydrogen (secondary N) is 2. The zero-order valence-electron chi connectivity index (χ0n) is 18.1. The summed E-state index contributed by atoms with van der Waals surface area (Å²) in [5, 5.41) is 11.7. The number of rotatable bonds is 5. The number of fused-ring (bicyclic) bond motifs is 1. The first-order valence-electron chi connectivity index (χ1n) is 10.7. The van der Waals surface area contributed by atoms with E-state index in [2.05, 4.69) is 25.1 Å². The number of nitrogens with zero attached hydrogens (tertiary/aromatic N) is 3. The monoisotopic (exact) mass is 421 g/mol. The third-order valence-corrected chi connectivity index (χ3v) is 5.63. The number of carbonyl (C=O) groups excluding carboxylic acids is 2. The van der Waals surface area contributed by atoms with Gasteiger partial charge in [-0.25, -0.2) is 4.79 Å². The Bertz CT molecular complexity index is 1130. The van der Waals surface area contributed by atoms with Crippen LogP contribution in [0.3, 0.4) is 0 Å². The third-order valence-electron chi connectivity index (χ3n) is 5.63. The maximum atomic E-state index is 12.9. The van der Waals surface area contributed by atoms with Crippen LogP contribution in [0, 0.1) is 13.8 Å². The van der Waals surface area contributed by atoms with Crippen LogP contribution in [-0.2, 0) is 17.7 Å². The van der Waals surface area contributed by atoms with Crippen LogP contribution in [0.4, 0.5) is 5.69 Å². The minimum Gasteiger partial charge on any atom is -0.462 e. The average Bonchev–Trinajstić information content (AvgIpc) is 3.19. The van der Waals surface area contributed by atoms with Gasteiger partial charge in [0, 0.05) is 29.9 Å². The lowest BCUT2D eigenvalue weighted by Gasteiger charge is -2.09. The number of benzene rings is 1. The fraction of sp³-hybridized carbons (Fsp3) is 0.391. The summed E-state index contributed by atoms with van der Waals surface area (Å²) in [5.74, 6) is 1.10. The fourth-order valence-corrected chi connectivity index (χ4v) is 4.11. The highest BCUT2D eigenvalue weighted by atomic mass is 16.5. The summed E-state index contributed by atoms with van der Waals surface area (Å²) in [6.07, 6.45) is 4.39. The van der Waals surface area contributed by atoms with Crippen molar-refractivity contribution in [2.45, 2.75) is 53.0 Å². The summed E-state index contributed by atoms with van der Waals surface area (Å²) in [4.78, 5) is 28.2. The van der Waals surface area contributed by atoms with Gasteiger partial charge >= 0.3 is 5.97 Å². The molecule has 1 amide bonds. The van der Waals surface area contributed by atoms with Gasteiger partial charge in [-0.3, -0.25) is 4.79 Å². The molecule has 31 heavy (non-hydrogen) atoms. The molecule has 162 valence electrons. The molecule has 2 N–H and O–H groups in total. The molecule has 0 spiro atoms. The Morgan fingerprint density at radius 1 is 1.19 bits per heavy atom. The number of H-pyrrole nitrogens is 1. The summed E-state index contributed by atoms with van der Waals surface area (Å²) >= 11 is 0. The molecule has 1 aromatic carbocycles. The second-order valence-corrected chi connectivity index (χ2v) is 7.78. The number of esters is 1. The van der Waals surface area contributed by atoms with E-state index in [1.807, 2.05) is 24.3 Å². The van der Waals surface area contributed by atoms with Gasteiger partial charge in [0.15, 0.2) is 5.82 Å². The van der Waals surface area contributed by atoms with Crippen molar-refractivity contribution in [3.8, 4) is 11.4 Å². The first-order chi connectivity index (χ1) is 15.0. The topological polar surface area (TPSA) is 102 Å². The Labute approximate surface area is 181 Å². The normalized spacial score (nSPS) is 13.4. The lowest BCUT2D eigenvalue weighted by molar-refractivity contribution is 0.0525. The Hall–Kier alpha value is -3.42. The molecule has 0 unspecified atom stereocenters. The van der Waals surface area contributed by atoms with Gasteiger partial charge in [-0.15, -0.1) is 10.2 Å². The number of aromatic amines is 1. The second kappa shape index (κ2) is 8.75. The van der Waals surface area contributed by atoms with Crippen molar-refractivity contribution < 1.29 is 14.3 Å². The van der Waals surface area contributed by atoms with E-state index in [-0.39, 0.29) is 12.5 Å². The Balaban J connectivity index is 1.58. The second-order valence-electron chi connectivity index (χ2n) is 7.78. The van der Waals surface area contributed by atoms with Crippen molar-refractivity contribution in [2.75, 3.05) is 11.9 Å². The molecule has 1 aliphatic rings. The van der Waals surface area contributed by atoms with E-state index < -0.39 is 5.97 Å². The van der Waals surface area contributed by atoms with Gasteiger partial charge in [-0.1, -0.05) is 18.6 Å². The smallest absolute Gasteiger partial charge is 0.340 e.